The third-order valence-electron chi connectivity index (χ3n) is 5.21. The molecule has 0 saturated carbocycles. The first-order valence-corrected chi connectivity index (χ1v) is 11.1. The van der Waals surface area contributed by atoms with E-state index in [-0.39, 0.29) is 19.0 Å². The molecule has 2 aliphatic heterocycles. The van der Waals surface area contributed by atoms with Gasteiger partial charge in [0.1, 0.15) is 23.5 Å². The van der Waals surface area contributed by atoms with Gasteiger partial charge < -0.3 is 30.2 Å². The maximum atomic E-state index is 12.8. The zero-order valence-corrected chi connectivity index (χ0v) is 20.3. The van der Waals surface area contributed by atoms with Crippen LogP contribution in [0.5, 0.6) is 0 Å². The van der Waals surface area contributed by atoms with Gasteiger partial charge in [-0.25, -0.2) is 9.59 Å². The predicted octanol–water partition coefficient (Wildman–Crippen LogP) is 1.72. The van der Waals surface area contributed by atoms with E-state index in [1.165, 1.54) is 23.6 Å². The molecule has 2 fully saturated rings. The summed E-state index contributed by atoms with van der Waals surface area (Å²) in [5, 5.41) is 2.26. The number of carbonyl (C=O) groups excluding carboxylic acids is 4. The molecule has 33 heavy (non-hydrogen) atoms. The molecule has 0 spiro atoms. The highest BCUT2D eigenvalue weighted by Gasteiger charge is 2.64. The van der Waals surface area contributed by atoms with E-state index >= 15 is 0 Å². The molecule has 0 bridgehead atoms. The Bertz CT molecular complexity index is 901. The van der Waals surface area contributed by atoms with Crippen molar-refractivity contribution in [2.75, 3.05) is 6.61 Å². The molecule has 0 radical (unpaired) electrons. The molecule has 1 aromatic carbocycles. The molecule has 3 N–H and O–H groups in total. The van der Waals surface area contributed by atoms with Crippen LogP contribution in [0.25, 0.3) is 0 Å². The van der Waals surface area contributed by atoms with E-state index < -0.39 is 58.5 Å². The second-order valence-electron chi connectivity index (χ2n) is 7.94. The summed E-state index contributed by atoms with van der Waals surface area (Å²) in [5.41, 5.74) is 6.65. The van der Waals surface area contributed by atoms with Crippen LogP contribution >= 0.6 is 24.2 Å². The molecule has 0 unspecified atom stereocenters. The summed E-state index contributed by atoms with van der Waals surface area (Å²) < 4.78 is 14.0. The van der Waals surface area contributed by atoms with Crippen molar-refractivity contribution in [1.82, 2.24) is 10.2 Å². The summed E-state index contributed by atoms with van der Waals surface area (Å²) in [5.74, 6) is -1.58. The summed E-state index contributed by atoms with van der Waals surface area (Å²) in [4.78, 5) is 51.0. The van der Waals surface area contributed by atoms with Crippen molar-refractivity contribution in [2.45, 2.75) is 62.2 Å². The number of esters is 1. The van der Waals surface area contributed by atoms with Gasteiger partial charge in [-0.15, -0.1) is 24.2 Å². The number of thioether (sulfide) groups is 1. The summed E-state index contributed by atoms with van der Waals surface area (Å²) >= 11 is 1.38. The van der Waals surface area contributed by atoms with Crippen LogP contribution in [0.1, 0.15) is 39.3 Å². The van der Waals surface area contributed by atoms with Crippen LogP contribution in [0.4, 0.5) is 4.79 Å². The topological polar surface area (TPSA) is 137 Å². The number of ether oxygens (including phenoxy) is 3. The molecular formula is C21H28ClN3O7S. The van der Waals surface area contributed by atoms with Gasteiger partial charge in [-0.2, -0.15) is 0 Å². The van der Waals surface area contributed by atoms with E-state index in [4.69, 9.17) is 15.2 Å². The van der Waals surface area contributed by atoms with Crippen molar-refractivity contribution in [1.29, 1.82) is 0 Å². The van der Waals surface area contributed by atoms with Crippen LogP contribution in [-0.4, -0.2) is 63.9 Å². The average molecular weight is 502 g/mol. The largest absolute Gasteiger partial charge is 0.511 e. The van der Waals surface area contributed by atoms with E-state index in [2.05, 4.69) is 10.1 Å². The zero-order valence-electron chi connectivity index (χ0n) is 18.7. The van der Waals surface area contributed by atoms with Gasteiger partial charge in [-0.1, -0.05) is 30.3 Å². The van der Waals surface area contributed by atoms with Gasteiger partial charge in [0.05, 0.1) is 6.61 Å². The number of fused-ring (bicyclic) bond motifs is 1. The lowest BCUT2D eigenvalue weighted by atomic mass is 9.95. The lowest BCUT2D eigenvalue weighted by Crippen LogP contribution is -2.71. The Balaban J connectivity index is 0.00000385. The molecule has 12 heteroatoms. The van der Waals surface area contributed by atoms with E-state index in [0.717, 1.165) is 0 Å². The highest BCUT2D eigenvalue weighted by Crippen LogP contribution is 2.51. The maximum absolute atomic E-state index is 12.8. The molecule has 2 amide bonds. The highest BCUT2D eigenvalue weighted by molar-refractivity contribution is 8.01. The van der Waals surface area contributed by atoms with E-state index in [9.17, 15) is 19.2 Å². The first-order chi connectivity index (χ1) is 15.1. The van der Waals surface area contributed by atoms with Crippen molar-refractivity contribution in [3.63, 3.8) is 0 Å². The van der Waals surface area contributed by atoms with Crippen molar-refractivity contribution < 1.29 is 33.4 Å². The quantitative estimate of drug-likeness (QED) is 0.325. The minimum absolute atomic E-state index is 0. The number of hydrogen-bond acceptors (Lipinski definition) is 9. The number of nitrogens with zero attached hydrogens (tertiary/aromatic N) is 1. The van der Waals surface area contributed by atoms with Crippen LogP contribution in [0, 0.1) is 0 Å². The number of β-lactam (4-membered cyclic amide) rings is 1. The first kappa shape index (κ1) is 26.7. The van der Waals surface area contributed by atoms with Gasteiger partial charge in [0.2, 0.25) is 18.1 Å². The number of nitrogens with one attached hydrogen (secondary N) is 1. The first-order valence-electron chi connectivity index (χ1n) is 10.2. The molecular weight excluding hydrogens is 474 g/mol. The number of rotatable bonds is 7. The molecule has 0 aliphatic carbocycles. The highest BCUT2D eigenvalue weighted by atomic mass is 35.5. The van der Waals surface area contributed by atoms with Gasteiger partial charge in [0, 0.05) is 11.7 Å². The molecule has 2 heterocycles. The molecule has 5 atom stereocenters. The van der Waals surface area contributed by atoms with Gasteiger partial charge in [-0.3, -0.25) is 9.59 Å². The molecule has 182 valence electrons. The van der Waals surface area contributed by atoms with E-state index in [0.29, 0.717) is 5.56 Å². The fourth-order valence-corrected chi connectivity index (χ4v) is 5.34. The molecule has 0 aromatic heterocycles. The fraction of sp³-hybridized carbons (Fsp3) is 0.524. The molecule has 1 aromatic rings. The minimum Gasteiger partial charge on any atom is -0.435 e. The Morgan fingerprint density at radius 1 is 1.21 bits per heavy atom. The van der Waals surface area contributed by atoms with Gasteiger partial charge >= 0.3 is 12.1 Å². The van der Waals surface area contributed by atoms with Crippen LogP contribution in [0.3, 0.4) is 0 Å². The normalized spacial score (nSPS) is 24.3. The standard InChI is InChI=1S/C21H27N3O7S.ClH/c1-5-29-20(28)31-11(2)30-19(27)15-21(3,4)32-18-14(17(26)24(15)18)23-16(25)13(22)12-9-7-6-8-10-12;/h6-11,13-15,18H,5,22H2,1-4H3,(H,23,25);1H/t11-,13+,14+,15-,18+;/m0./s1. The van der Waals surface area contributed by atoms with Crippen LogP contribution in [0.2, 0.25) is 0 Å². The number of nitrogens with two attached hydrogens (primary N) is 1. The smallest absolute Gasteiger partial charge is 0.435 e. The molecule has 2 aliphatic rings. The Kier molecular flexibility index (Phi) is 8.61. The lowest BCUT2D eigenvalue weighted by Gasteiger charge is -2.44. The number of benzene rings is 1. The molecule has 10 nitrogen and oxygen atoms in total. The van der Waals surface area contributed by atoms with Crippen molar-refractivity contribution in [3.05, 3.63) is 35.9 Å². The Morgan fingerprint density at radius 2 is 1.85 bits per heavy atom. The zero-order chi connectivity index (χ0) is 23.6. The van der Waals surface area contributed by atoms with Gasteiger partial charge in [0.15, 0.2) is 0 Å². The second kappa shape index (κ2) is 10.6. The Hall–Kier alpha value is -2.50. The van der Waals surface area contributed by atoms with Crippen molar-refractivity contribution >= 4 is 48.1 Å². The van der Waals surface area contributed by atoms with E-state index in [1.54, 1.807) is 45.0 Å². The summed E-state index contributed by atoms with van der Waals surface area (Å²) in [6, 6.07) is 6.21. The molecule has 2 saturated heterocycles. The molecule has 3 rings (SSSR count). The van der Waals surface area contributed by atoms with Crippen LogP contribution < -0.4 is 11.1 Å². The third kappa shape index (κ3) is 5.53. The number of halogens is 1. The number of hydrogen-bond donors (Lipinski definition) is 2. The number of amides is 2. The summed E-state index contributed by atoms with van der Waals surface area (Å²) in [6.45, 7) is 6.74. The Morgan fingerprint density at radius 3 is 2.45 bits per heavy atom. The third-order valence-corrected chi connectivity index (χ3v) is 6.78. The second-order valence-corrected chi connectivity index (χ2v) is 9.71. The monoisotopic (exact) mass is 501 g/mol. The minimum atomic E-state index is -1.18. The predicted molar refractivity (Wildman–Crippen MR) is 122 cm³/mol. The van der Waals surface area contributed by atoms with Crippen molar-refractivity contribution in [2.24, 2.45) is 5.73 Å². The van der Waals surface area contributed by atoms with Gasteiger partial charge in [0.25, 0.3) is 0 Å². The fourth-order valence-electron chi connectivity index (χ4n) is 3.72. The summed E-state index contributed by atoms with van der Waals surface area (Å²) in [7, 11) is 0. The van der Waals surface area contributed by atoms with Gasteiger partial charge in [-0.05, 0) is 26.3 Å². The van der Waals surface area contributed by atoms with Crippen LogP contribution in [-0.2, 0) is 28.6 Å². The Labute approximate surface area is 202 Å². The van der Waals surface area contributed by atoms with Crippen molar-refractivity contribution in [3.8, 4) is 0 Å². The summed E-state index contributed by atoms with van der Waals surface area (Å²) in [6.07, 6.45) is -2.14. The SMILES string of the molecule is CCOC(=O)O[C@@H](C)OC(=O)[C@@H]1N2C(=O)[C@@H](NC(=O)[C@H](N)c3ccccc3)[C@H]2SC1(C)C.Cl. The average Bonchev–Trinajstić information content (AvgIpc) is 2.99. The van der Waals surface area contributed by atoms with Crippen LogP contribution in [0.15, 0.2) is 30.3 Å². The number of carbonyl (C=O) groups is 4. The lowest BCUT2D eigenvalue weighted by molar-refractivity contribution is -0.180. The maximum Gasteiger partial charge on any atom is 0.511 e. The van der Waals surface area contributed by atoms with E-state index in [1.807, 2.05) is 6.07 Å².